The van der Waals surface area contributed by atoms with Gasteiger partial charge in [0.05, 0.1) is 0 Å². The topological polar surface area (TPSA) is 68.0 Å². The highest BCUT2D eigenvalue weighted by atomic mass is 35.5. The molecule has 2 rings (SSSR count). The Bertz CT molecular complexity index is 383. The molecule has 0 aromatic carbocycles. The van der Waals surface area contributed by atoms with Crippen molar-refractivity contribution < 1.29 is 4.79 Å². The van der Waals surface area contributed by atoms with Crippen molar-refractivity contribution >= 4 is 34.8 Å². The van der Waals surface area contributed by atoms with Crippen molar-refractivity contribution in [2.45, 2.75) is 26.2 Å². The van der Waals surface area contributed by atoms with Gasteiger partial charge in [0.2, 0.25) is 5.91 Å². The molecule has 1 aromatic rings. The first-order valence-electron chi connectivity index (χ1n) is 5.64. The zero-order valence-electron chi connectivity index (χ0n) is 9.81. The molecule has 1 fully saturated rings. The number of hydrogen-bond acceptors (Lipinski definition) is 4. The number of nitrogens with zero attached hydrogens (tertiary/aromatic N) is 1. The van der Waals surface area contributed by atoms with Gasteiger partial charge in [-0.1, -0.05) is 6.42 Å². The monoisotopic (exact) mass is 275 g/mol. The van der Waals surface area contributed by atoms with Gasteiger partial charge in [-0.2, -0.15) is 0 Å². The van der Waals surface area contributed by atoms with Gasteiger partial charge in [-0.3, -0.25) is 4.79 Å². The van der Waals surface area contributed by atoms with E-state index in [0.717, 1.165) is 24.1 Å². The van der Waals surface area contributed by atoms with Crippen LogP contribution in [0.4, 0.5) is 5.13 Å². The summed E-state index contributed by atoms with van der Waals surface area (Å²) in [6.07, 6.45) is 4.91. The van der Waals surface area contributed by atoms with Gasteiger partial charge in [0, 0.05) is 17.0 Å². The summed E-state index contributed by atoms with van der Waals surface area (Å²) in [5.74, 6) is 0.512. The Morgan fingerprint density at radius 1 is 1.65 bits per heavy atom. The number of anilines is 1. The second-order valence-electron chi connectivity index (χ2n) is 4.30. The van der Waals surface area contributed by atoms with Gasteiger partial charge in [0.15, 0.2) is 5.13 Å². The van der Waals surface area contributed by atoms with E-state index in [0.29, 0.717) is 17.6 Å². The van der Waals surface area contributed by atoms with Crippen molar-refractivity contribution in [2.75, 3.05) is 11.9 Å². The smallest absolute Gasteiger partial charge is 0.229 e. The molecule has 0 bridgehead atoms. The summed E-state index contributed by atoms with van der Waals surface area (Å²) in [5.41, 5.74) is 5.67. The Hall–Kier alpha value is -0.650. The summed E-state index contributed by atoms with van der Waals surface area (Å²) in [5, 5.41) is 3.58. The Morgan fingerprint density at radius 3 is 3.00 bits per heavy atom. The second kappa shape index (κ2) is 6.33. The number of rotatable bonds is 3. The minimum Gasteiger partial charge on any atom is -0.330 e. The molecule has 17 heavy (non-hydrogen) atoms. The minimum absolute atomic E-state index is 0. The molecule has 0 spiro atoms. The largest absolute Gasteiger partial charge is 0.330 e. The summed E-state index contributed by atoms with van der Waals surface area (Å²) in [7, 11) is 0. The predicted octanol–water partition coefficient (Wildman–Crippen LogP) is 2.19. The van der Waals surface area contributed by atoms with Crippen molar-refractivity contribution in [3.63, 3.8) is 0 Å². The lowest BCUT2D eigenvalue weighted by Crippen LogP contribution is -2.29. The maximum Gasteiger partial charge on any atom is 0.229 e. The third-order valence-electron chi connectivity index (χ3n) is 3.15. The van der Waals surface area contributed by atoms with E-state index >= 15 is 0 Å². The fourth-order valence-corrected chi connectivity index (χ4v) is 2.94. The van der Waals surface area contributed by atoms with E-state index in [1.807, 2.05) is 6.92 Å². The van der Waals surface area contributed by atoms with Crippen LogP contribution >= 0.6 is 23.7 Å². The molecule has 6 heteroatoms. The first kappa shape index (κ1) is 14.4. The van der Waals surface area contributed by atoms with E-state index in [9.17, 15) is 4.79 Å². The van der Waals surface area contributed by atoms with Gasteiger partial charge in [-0.25, -0.2) is 4.98 Å². The fourth-order valence-electron chi connectivity index (χ4n) is 2.27. The fraction of sp³-hybridized carbons (Fsp3) is 0.636. The van der Waals surface area contributed by atoms with Crippen LogP contribution in [0.5, 0.6) is 0 Å². The van der Waals surface area contributed by atoms with Crippen molar-refractivity contribution in [2.24, 2.45) is 17.6 Å². The van der Waals surface area contributed by atoms with Crippen LogP contribution in [0.25, 0.3) is 0 Å². The van der Waals surface area contributed by atoms with Crippen LogP contribution in [-0.4, -0.2) is 17.4 Å². The summed E-state index contributed by atoms with van der Waals surface area (Å²) in [6.45, 7) is 2.58. The molecule has 1 amide bonds. The zero-order valence-corrected chi connectivity index (χ0v) is 11.4. The predicted molar refractivity (Wildman–Crippen MR) is 72.6 cm³/mol. The molecule has 0 saturated heterocycles. The molecular formula is C11H18ClN3OS. The van der Waals surface area contributed by atoms with Gasteiger partial charge in [0.1, 0.15) is 0 Å². The van der Waals surface area contributed by atoms with Crippen molar-refractivity contribution in [3.8, 4) is 0 Å². The molecule has 1 aliphatic rings. The van der Waals surface area contributed by atoms with Crippen LogP contribution < -0.4 is 11.1 Å². The standard InChI is InChI=1S/C11H17N3OS.ClH/c1-7-6-13-11(16-7)14-10(15)9-4-2-3-8(9)5-12;/h6,8-9H,2-5,12H2,1H3,(H,13,14,15);1H/t8-,9-;/m1./s1. The summed E-state index contributed by atoms with van der Waals surface area (Å²) < 4.78 is 0. The number of halogens is 1. The molecule has 2 atom stereocenters. The Kier molecular flexibility index (Phi) is 5.36. The molecule has 0 aliphatic heterocycles. The lowest BCUT2D eigenvalue weighted by molar-refractivity contribution is -0.120. The van der Waals surface area contributed by atoms with Gasteiger partial charge in [-0.15, -0.1) is 23.7 Å². The molecule has 0 unspecified atom stereocenters. The van der Waals surface area contributed by atoms with Crippen LogP contribution in [0, 0.1) is 18.8 Å². The zero-order chi connectivity index (χ0) is 11.5. The molecule has 4 nitrogen and oxygen atoms in total. The lowest BCUT2D eigenvalue weighted by atomic mass is 9.95. The second-order valence-corrected chi connectivity index (χ2v) is 5.53. The van der Waals surface area contributed by atoms with Crippen molar-refractivity contribution in [1.82, 2.24) is 4.98 Å². The lowest BCUT2D eigenvalue weighted by Gasteiger charge is -2.16. The molecule has 96 valence electrons. The highest BCUT2D eigenvalue weighted by Crippen LogP contribution is 2.32. The number of nitrogens with two attached hydrogens (primary N) is 1. The van der Waals surface area contributed by atoms with Gasteiger partial charge < -0.3 is 11.1 Å². The molecule has 3 N–H and O–H groups in total. The minimum atomic E-state index is 0. The van der Waals surface area contributed by atoms with Crippen molar-refractivity contribution in [1.29, 1.82) is 0 Å². The molecular weight excluding hydrogens is 258 g/mol. The third kappa shape index (κ3) is 3.40. The first-order chi connectivity index (χ1) is 7.70. The van der Waals surface area contributed by atoms with Crippen LogP contribution in [0.15, 0.2) is 6.20 Å². The van der Waals surface area contributed by atoms with E-state index in [1.165, 1.54) is 11.3 Å². The highest BCUT2D eigenvalue weighted by molar-refractivity contribution is 7.15. The van der Waals surface area contributed by atoms with E-state index in [2.05, 4.69) is 10.3 Å². The maximum absolute atomic E-state index is 12.0. The van der Waals surface area contributed by atoms with Gasteiger partial charge in [0.25, 0.3) is 0 Å². The number of amides is 1. The van der Waals surface area contributed by atoms with E-state index in [-0.39, 0.29) is 24.2 Å². The van der Waals surface area contributed by atoms with Crippen LogP contribution in [-0.2, 0) is 4.79 Å². The third-order valence-corrected chi connectivity index (χ3v) is 3.98. The Labute approximate surface area is 111 Å². The van der Waals surface area contributed by atoms with E-state index < -0.39 is 0 Å². The van der Waals surface area contributed by atoms with Crippen molar-refractivity contribution in [3.05, 3.63) is 11.1 Å². The number of aromatic nitrogens is 1. The normalized spacial score (nSPS) is 23.2. The average molecular weight is 276 g/mol. The average Bonchev–Trinajstić information content (AvgIpc) is 2.86. The summed E-state index contributed by atoms with van der Waals surface area (Å²) in [6, 6.07) is 0. The number of nitrogens with one attached hydrogen (secondary N) is 1. The molecule has 1 aromatic heterocycles. The molecule has 1 aliphatic carbocycles. The van der Waals surface area contributed by atoms with Gasteiger partial charge >= 0.3 is 0 Å². The number of thiazole rings is 1. The number of carbonyl (C=O) groups excluding carboxylic acids is 1. The van der Waals surface area contributed by atoms with E-state index in [4.69, 9.17) is 5.73 Å². The maximum atomic E-state index is 12.0. The van der Waals surface area contributed by atoms with E-state index in [1.54, 1.807) is 6.20 Å². The number of hydrogen-bond donors (Lipinski definition) is 2. The Morgan fingerprint density at radius 2 is 2.41 bits per heavy atom. The molecule has 1 heterocycles. The molecule has 0 radical (unpaired) electrons. The molecule has 1 saturated carbocycles. The van der Waals surface area contributed by atoms with Crippen LogP contribution in [0.2, 0.25) is 0 Å². The number of carbonyl (C=O) groups is 1. The highest BCUT2D eigenvalue weighted by Gasteiger charge is 2.32. The Balaban J connectivity index is 0.00000144. The SMILES string of the molecule is Cc1cnc(NC(=O)[C@@H]2CCC[C@@H]2CN)s1.Cl. The quantitative estimate of drug-likeness (QED) is 0.888. The van der Waals surface area contributed by atoms with Crippen LogP contribution in [0.1, 0.15) is 24.1 Å². The summed E-state index contributed by atoms with van der Waals surface area (Å²) in [4.78, 5) is 17.2. The number of aryl methyl sites for hydroxylation is 1. The first-order valence-corrected chi connectivity index (χ1v) is 6.45. The van der Waals surface area contributed by atoms with Crippen LogP contribution in [0.3, 0.4) is 0 Å². The summed E-state index contributed by atoms with van der Waals surface area (Å²) >= 11 is 1.51. The van der Waals surface area contributed by atoms with Gasteiger partial charge in [-0.05, 0) is 32.2 Å².